The number of amides is 2. The highest BCUT2D eigenvalue weighted by Crippen LogP contribution is 2.14. The summed E-state index contributed by atoms with van der Waals surface area (Å²) in [7, 11) is 0. The standard InChI is InChI=1S/C18H20ClN3O2/c1-3-22(4-2)18(24)16-11-13(9-10-20-16)17(23)21-12-14-7-5-6-8-15(14)19/h5-11H,3-4,12H2,1-2H3,(H,21,23). The number of nitrogens with one attached hydrogen (secondary N) is 1. The average Bonchev–Trinajstić information content (AvgIpc) is 2.62. The lowest BCUT2D eigenvalue weighted by Crippen LogP contribution is -2.31. The van der Waals surface area contributed by atoms with Crippen molar-refractivity contribution in [1.82, 2.24) is 15.2 Å². The van der Waals surface area contributed by atoms with Crippen molar-refractivity contribution in [3.8, 4) is 0 Å². The third kappa shape index (κ3) is 4.32. The van der Waals surface area contributed by atoms with Crippen LogP contribution in [0.5, 0.6) is 0 Å². The minimum absolute atomic E-state index is 0.180. The number of carbonyl (C=O) groups excluding carboxylic acids is 2. The van der Waals surface area contributed by atoms with Crippen molar-refractivity contribution in [2.75, 3.05) is 13.1 Å². The van der Waals surface area contributed by atoms with Crippen molar-refractivity contribution < 1.29 is 9.59 Å². The monoisotopic (exact) mass is 345 g/mol. The lowest BCUT2D eigenvalue weighted by Gasteiger charge is -2.18. The van der Waals surface area contributed by atoms with Crippen LogP contribution in [0.1, 0.15) is 40.3 Å². The molecule has 0 aliphatic heterocycles. The number of nitrogens with zero attached hydrogens (tertiary/aromatic N) is 2. The van der Waals surface area contributed by atoms with Gasteiger partial charge >= 0.3 is 0 Å². The molecule has 0 unspecified atom stereocenters. The highest BCUT2D eigenvalue weighted by Gasteiger charge is 2.16. The van der Waals surface area contributed by atoms with Gasteiger partial charge in [-0.05, 0) is 37.6 Å². The van der Waals surface area contributed by atoms with Gasteiger partial charge < -0.3 is 10.2 Å². The summed E-state index contributed by atoms with van der Waals surface area (Å²) >= 11 is 6.08. The first-order chi connectivity index (χ1) is 11.6. The van der Waals surface area contributed by atoms with Crippen molar-refractivity contribution in [2.45, 2.75) is 20.4 Å². The molecule has 2 amide bonds. The maximum Gasteiger partial charge on any atom is 0.272 e. The van der Waals surface area contributed by atoms with Crippen molar-refractivity contribution in [2.24, 2.45) is 0 Å². The molecule has 0 saturated heterocycles. The normalized spacial score (nSPS) is 10.3. The molecule has 0 radical (unpaired) electrons. The number of carbonyl (C=O) groups is 2. The molecule has 1 heterocycles. The van der Waals surface area contributed by atoms with Gasteiger partial charge in [-0.15, -0.1) is 0 Å². The summed E-state index contributed by atoms with van der Waals surface area (Å²) in [6, 6.07) is 10.4. The lowest BCUT2D eigenvalue weighted by atomic mass is 10.2. The Morgan fingerprint density at radius 3 is 2.54 bits per heavy atom. The van der Waals surface area contributed by atoms with Crippen LogP contribution < -0.4 is 5.32 Å². The van der Waals surface area contributed by atoms with E-state index in [0.29, 0.717) is 30.2 Å². The number of hydrogen-bond acceptors (Lipinski definition) is 3. The molecule has 5 nitrogen and oxygen atoms in total. The first-order valence-electron chi connectivity index (χ1n) is 7.83. The Hall–Kier alpha value is -2.40. The Morgan fingerprint density at radius 2 is 1.88 bits per heavy atom. The number of hydrogen-bond donors (Lipinski definition) is 1. The summed E-state index contributed by atoms with van der Waals surface area (Å²) in [6.45, 7) is 5.32. The van der Waals surface area contributed by atoms with Gasteiger partial charge in [0.05, 0.1) is 0 Å². The predicted molar refractivity (Wildman–Crippen MR) is 94.1 cm³/mol. The van der Waals surface area contributed by atoms with Crippen LogP contribution in [-0.4, -0.2) is 34.8 Å². The van der Waals surface area contributed by atoms with Crippen molar-refractivity contribution in [3.63, 3.8) is 0 Å². The molecule has 2 aromatic rings. The quantitative estimate of drug-likeness (QED) is 0.874. The molecule has 0 fully saturated rings. The van der Waals surface area contributed by atoms with E-state index in [9.17, 15) is 9.59 Å². The Bertz CT molecular complexity index is 730. The number of rotatable bonds is 6. The molecule has 0 bridgehead atoms. The summed E-state index contributed by atoms with van der Waals surface area (Å²) in [6.07, 6.45) is 1.47. The van der Waals surface area contributed by atoms with Crippen LogP contribution in [0.4, 0.5) is 0 Å². The van der Waals surface area contributed by atoms with Crippen molar-refractivity contribution in [1.29, 1.82) is 0 Å². The smallest absolute Gasteiger partial charge is 0.272 e. The highest BCUT2D eigenvalue weighted by atomic mass is 35.5. The number of benzene rings is 1. The molecule has 2 rings (SSSR count). The van der Waals surface area contributed by atoms with Crippen LogP contribution in [0.2, 0.25) is 5.02 Å². The first kappa shape index (κ1) is 17.9. The van der Waals surface area contributed by atoms with Crippen LogP contribution in [0.25, 0.3) is 0 Å². The number of halogens is 1. The highest BCUT2D eigenvalue weighted by molar-refractivity contribution is 6.31. The van der Waals surface area contributed by atoms with E-state index < -0.39 is 0 Å². The molecule has 0 saturated carbocycles. The van der Waals surface area contributed by atoms with Crippen LogP contribution in [0.3, 0.4) is 0 Å². The van der Waals surface area contributed by atoms with Crippen molar-refractivity contribution >= 4 is 23.4 Å². The van der Waals surface area contributed by atoms with E-state index in [1.54, 1.807) is 17.0 Å². The molecule has 1 aromatic heterocycles. The van der Waals surface area contributed by atoms with E-state index >= 15 is 0 Å². The Morgan fingerprint density at radius 1 is 1.17 bits per heavy atom. The molecular weight excluding hydrogens is 326 g/mol. The van der Waals surface area contributed by atoms with Crippen LogP contribution in [-0.2, 0) is 6.54 Å². The minimum Gasteiger partial charge on any atom is -0.348 e. The van der Waals surface area contributed by atoms with Crippen molar-refractivity contribution in [3.05, 3.63) is 64.4 Å². The Labute approximate surface area is 146 Å². The topological polar surface area (TPSA) is 62.3 Å². The molecule has 1 N–H and O–H groups in total. The van der Waals surface area contributed by atoms with Gasteiger partial charge in [-0.3, -0.25) is 14.6 Å². The zero-order chi connectivity index (χ0) is 17.5. The lowest BCUT2D eigenvalue weighted by molar-refractivity contribution is 0.0767. The molecule has 6 heteroatoms. The minimum atomic E-state index is -0.272. The zero-order valence-electron chi connectivity index (χ0n) is 13.8. The summed E-state index contributed by atoms with van der Waals surface area (Å²) in [5.41, 5.74) is 1.50. The number of pyridine rings is 1. The molecule has 1 aromatic carbocycles. The van der Waals surface area contributed by atoms with E-state index in [-0.39, 0.29) is 17.5 Å². The molecule has 0 aliphatic carbocycles. The van der Waals surface area contributed by atoms with Gasteiger partial charge in [0.25, 0.3) is 11.8 Å². The predicted octanol–water partition coefficient (Wildman–Crippen LogP) is 3.15. The van der Waals surface area contributed by atoms with E-state index in [4.69, 9.17) is 11.6 Å². The van der Waals surface area contributed by atoms with E-state index in [1.807, 2.05) is 32.0 Å². The maximum absolute atomic E-state index is 12.3. The van der Waals surface area contributed by atoms with Gasteiger partial charge in [0.15, 0.2) is 0 Å². The fourth-order valence-corrected chi connectivity index (χ4v) is 2.48. The van der Waals surface area contributed by atoms with Gasteiger partial charge in [-0.25, -0.2) is 0 Å². The first-order valence-corrected chi connectivity index (χ1v) is 8.21. The van der Waals surface area contributed by atoms with Gasteiger partial charge in [0.2, 0.25) is 0 Å². The molecule has 0 spiro atoms. The molecule has 0 aliphatic rings. The molecule has 0 atom stereocenters. The van der Waals surface area contributed by atoms with Crippen LogP contribution in [0.15, 0.2) is 42.6 Å². The summed E-state index contributed by atoms with van der Waals surface area (Å²) in [5, 5.41) is 3.41. The fourth-order valence-electron chi connectivity index (χ4n) is 2.28. The average molecular weight is 346 g/mol. The van der Waals surface area contributed by atoms with Crippen LogP contribution >= 0.6 is 11.6 Å². The summed E-state index contributed by atoms with van der Waals surface area (Å²) in [4.78, 5) is 30.4. The SMILES string of the molecule is CCN(CC)C(=O)c1cc(C(=O)NCc2ccccc2Cl)ccn1. The molecular formula is C18H20ClN3O2. The van der Waals surface area contributed by atoms with Gasteiger partial charge in [0, 0.05) is 36.4 Å². The molecule has 24 heavy (non-hydrogen) atoms. The second-order valence-corrected chi connectivity index (χ2v) is 5.59. The largest absolute Gasteiger partial charge is 0.348 e. The Balaban J connectivity index is 2.09. The van der Waals surface area contributed by atoms with Gasteiger partial charge in [0.1, 0.15) is 5.69 Å². The van der Waals surface area contributed by atoms with E-state index in [2.05, 4.69) is 10.3 Å². The fraction of sp³-hybridized carbons (Fsp3) is 0.278. The second-order valence-electron chi connectivity index (χ2n) is 5.18. The maximum atomic E-state index is 12.3. The van der Waals surface area contributed by atoms with Gasteiger partial charge in [-0.1, -0.05) is 29.8 Å². The number of aromatic nitrogens is 1. The van der Waals surface area contributed by atoms with E-state index in [0.717, 1.165) is 5.56 Å². The van der Waals surface area contributed by atoms with Crippen LogP contribution in [0, 0.1) is 0 Å². The zero-order valence-corrected chi connectivity index (χ0v) is 14.5. The third-order valence-electron chi connectivity index (χ3n) is 3.69. The second kappa shape index (κ2) is 8.45. The Kier molecular flexibility index (Phi) is 6.32. The van der Waals surface area contributed by atoms with Gasteiger partial charge in [-0.2, -0.15) is 0 Å². The third-order valence-corrected chi connectivity index (χ3v) is 4.06. The molecule has 126 valence electrons. The van der Waals surface area contributed by atoms with E-state index in [1.165, 1.54) is 12.3 Å². The summed E-state index contributed by atoms with van der Waals surface area (Å²) in [5.74, 6) is -0.452. The summed E-state index contributed by atoms with van der Waals surface area (Å²) < 4.78 is 0.